The maximum atomic E-state index is 4.64. The third-order valence-electron chi connectivity index (χ3n) is 2.49. The van der Waals surface area contributed by atoms with Crippen molar-refractivity contribution in [2.24, 2.45) is 0 Å². The average Bonchev–Trinajstić information content (AvgIpc) is 2.61. The lowest BCUT2D eigenvalue weighted by molar-refractivity contribution is 0.548. The highest BCUT2D eigenvalue weighted by Crippen LogP contribution is 2.26. The number of anilines is 1. The van der Waals surface area contributed by atoms with Crippen LogP contribution in [0.15, 0.2) is 12.3 Å². The van der Waals surface area contributed by atoms with E-state index in [9.17, 15) is 0 Å². The van der Waals surface area contributed by atoms with Gasteiger partial charge in [0.15, 0.2) is 0 Å². The van der Waals surface area contributed by atoms with Crippen molar-refractivity contribution < 1.29 is 0 Å². The zero-order valence-electron chi connectivity index (χ0n) is 10.5. The zero-order chi connectivity index (χ0) is 11.9. The van der Waals surface area contributed by atoms with E-state index in [0.29, 0.717) is 0 Å². The molecule has 4 nitrogen and oxygen atoms in total. The van der Waals surface area contributed by atoms with Gasteiger partial charge in [0.1, 0.15) is 17.3 Å². The molecule has 2 aromatic rings. The number of rotatable bonds is 1. The van der Waals surface area contributed by atoms with Gasteiger partial charge in [-0.2, -0.15) is 0 Å². The zero-order valence-corrected chi connectivity index (χ0v) is 10.5. The Hall–Kier alpha value is -1.58. The highest BCUT2D eigenvalue weighted by molar-refractivity contribution is 5.87. The van der Waals surface area contributed by atoms with Crippen molar-refractivity contribution in [2.45, 2.75) is 26.2 Å². The van der Waals surface area contributed by atoms with E-state index in [2.05, 4.69) is 35.7 Å². The molecule has 0 radical (unpaired) electrons. The lowest BCUT2D eigenvalue weighted by Crippen LogP contribution is -2.19. The molecular weight excluding hydrogens is 200 g/mol. The summed E-state index contributed by atoms with van der Waals surface area (Å²) in [5, 5.41) is 1.07. The predicted molar refractivity (Wildman–Crippen MR) is 66.9 cm³/mol. The molecule has 0 aliphatic heterocycles. The predicted octanol–water partition coefficient (Wildman–Crippen LogP) is 2.32. The largest absolute Gasteiger partial charge is 0.362 e. The third kappa shape index (κ3) is 1.75. The van der Waals surface area contributed by atoms with Gasteiger partial charge in [-0.05, 0) is 6.07 Å². The summed E-state index contributed by atoms with van der Waals surface area (Å²) in [6.07, 6.45) is 1.90. The summed E-state index contributed by atoms with van der Waals surface area (Å²) >= 11 is 0. The molecule has 0 saturated heterocycles. The van der Waals surface area contributed by atoms with Gasteiger partial charge in [0.2, 0.25) is 0 Å². The highest BCUT2D eigenvalue weighted by atomic mass is 15.2. The smallest absolute Gasteiger partial charge is 0.143 e. The number of aromatic amines is 1. The molecule has 86 valence electrons. The van der Waals surface area contributed by atoms with Gasteiger partial charge < -0.3 is 9.88 Å². The normalized spacial score (nSPS) is 12.1. The maximum absolute atomic E-state index is 4.64. The molecule has 1 N–H and O–H groups in total. The van der Waals surface area contributed by atoms with E-state index in [1.165, 1.54) is 0 Å². The fourth-order valence-corrected chi connectivity index (χ4v) is 1.60. The van der Waals surface area contributed by atoms with E-state index in [4.69, 9.17) is 0 Å². The molecule has 4 heteroatoms. The van der Waals surface area contributed by atoms with Crippen LogP contribution >= 0.6 is 0 Å². The first-order valence-corrected chi connectivity index (χ1v) is 5.42. The van der Waals surface area contributed by atoms with Gasteiger partial charge in [0.25, 0.3) is 0 Å². The second-order valence-electron chi connectivity index (χ2n) is 5.26. The van der Waals surface area contributed by atoms with Crippen molar-refractivity contribution in [2.75, 3.05) is 19.0 Å². The molecule has 0 aliphatic carbocycles. The number of aromatic nitrogens is 3. The minimum absolute atomic E-state index is 0.0376. The van der Waals surface area contributed by atoms with Crippen LogP contribution < -0.4 is 4.90 Å². The quantitative estimate of drug-likeness (QED) is 0.799. The van der Waals surface area contributed by atoms with Crippen molar-refractivity contribution in [1.82, 2.24) is 15.0 Å². The summed E-state index contributed by atoms with van der Waals surface area (Å²) < 4.78 is 0. The maximum Gasteiger partial charge on any atom is 0.143 e. The van der Waals surface area contributed by atoms with Crippen molar-refractivity contribution in [3.05, 3.63) is 18.1 Å². The molecule has 0 saturated carbocycles. The van der Waals surface area contributed by atoms with E-state index in [1.54, 1.807) is 0 Å². The molecule has 2 aromatic heterocycles. The van der Waals surface area contributed by atoms with Crippen molar-refractivity contribution in [3.63, 3.8) is 0 Å². The number of hydrogen-bond donors (Lipinski definition) is 1. The lowest BCUT2D eigenvalue weighted by atomic mass is 9.95. The van der Waals surface area contributed by atoms with Gasteiger partial charge >= 0.3 is 0 Å². The van der Waals surface area contributed by atoms with Crippen LogP contribution in [-0.4, -0.2) is 29.0 Å². The number of hydrogen-bond acceptors (Lipinski definition) is 3. The average molecular weight is 218 g/mol. The molecule has 0 unspecified atom stereocenters. The Morgan fingerprint density at radius 2 is 1.88 bits per heavy atom. The molecule has 16 heavy (non-hydrogen) atoms. The number of fused-ring (bicyclic) bond motifs is 1. The van der Waals surface area contributed by atoms with Gasteiger partial charge in [0, 0.05) is 25.7 Å². The Balaban J connectivity index is 2.71. The molecule has 0 aliphatic rings. The third-order valence-corrected chi connectivity index (χ3v) is 2.49. The van der Waals surface area contributed by atoms with Crippen molar-refractivity contribution >= 4 is 16.9 Å². The molecule has 2 heterocycles. The Morgan fingerprint density at radius 3 is 2.44 bits per heavy atom. The van der Waals surface area contributed by atoms with Crippen LogP contribution in [0.5, 0.6) is 0 Å². The standard InChI is InChI=1S/C12H18N4/c1-12(2,3)11-14-9-8(6-7-13-9)10(15-11)16(4)5/h6-7H,1-5H3,(H,13,14,15). The SMILES string of the molecule is CN(C)c1nc(C(C)(C)C)nc2[nH]ccc12. The molecule has 0 fully saturated rings. The van der Waals surface area contributed by atoms with E-state index in [1.807, 2.05) is 31.3 Å². The molecular formula is C12H18N4. The Morgan fingerprint density at radius 1 is 1.19 bits per heavy atom. The minimum Gasteiger partial charge on any atom is -0.362 e. The van der Waals surface area contributed by atoms with Gasteiger partial charge in [-0.3, -0.25) is 0 Å². The molecule has 0 aromatic carbocycles. The summed E-state index contributed by atoms with van der Waals surface area (Å²) in [5.74, 6) is 1.84. The second-order valence-corrected chi connectivity index (χ2v) is 5.26. The van der Waals surface area contributed by atoms with E-state index < -0.39 is 0 Å². The van der Waals surface area contributed by atoms with Gasteiger partial charge in [-0.25, -0.2) is 9.97 Å². The van der Waals surface area contributed by atoms with E-state index in [0.717, 1.165) is 22.7 Å². The lowest BCUT2D eigenvalue weighted by Gasteiger charge is -2.20. The number of H-pyrrole nitrogens is 1. The first kappa shape index (κ1) is 10.9. The summed E-state index contributed by atoms with van der Waals surface area (Å²) in [6, 6.07) is 2.01. The summed E-state index contributed by atoms with van der Waals surface area (Å²) in [4.78, 5) is 14.4. The van der Waals surface area contributed by atoms with E-state index in [-0.39, 0.29) is 5.41 Å². The summed E-state index contributed by atoms with van der Waals surface area (Å²) in [7, 11) is 4.00. The van der Waals surface area contributed by atoms with Gasteiger partial charge in [-0.1, -0.05) is 20.8 Å². The fourth-order valence-electron chi connectivity index (χ4n) is 1.60. The Labute approximate surface area is 95.7 Å². The first-order chi connectivity index (χ1) is 7.39. The van der Waals surface area contributed by atoms with Crippen molar-refractivity contribution in [3.8, 4) is 0 Å². The van der Waals surface area contributed by atoms with Crippen LogP contribution in [0.4, 0.5) is 5.82 Å². The minimum atomic E-state index is -0.0376. The van der Waals surface area contributed by atoms with E-state index >= 15 is 0 Å². The van der Waals surface area contributed by atoms with Crippen LogP contribution in [0, 0.1) is 0 Å². The summed E-state index contributed by atoms with van der Waals surface area (Å²) in [6.45, 7) is 6.36. The molecule has 0 spiro atoms. The first-order valence-electron chi connectivity index (χ1n) is 5.42. The molecule has 0 atom stereocenters. The van der Waals surface area contributed by atoms with Crippen LogP contribution in [0.2, 0.25) is 0 Å². The summed E-state index contributed by atoms with van der Waals surface area (Å²) in [5.41, 5.74) is 0.868. The number of nitrogens with zero attached hydrogens (tertiary/aromatic N) is 3. The monoisotopic (exact) mass is 218 g/mol. The van der Waals surface area contributed by atoms with Gasteiger partial charge in [-0.15, -0.1) is 0 Å². The van der Waals surface area contributed by atoms with Crippen LogP contribution in [-0.2, 0) is 5.41 Å². The molecule has 2 rings (SSSR count). The van der Waals surface area contributed by atoms with Crippen LogP contribution in [0.25, 0.3) is 11.0 Å². The molecule has 0 bridgehead atoms. The van der Waals surface area contributed by atoms with Gasteiger partial charge in [0.05, 0.1) is 5.39 Å². The number of nitrogens with one attached hydrogen (secondary N) is 1. The topological polar surface area (TPSA) is 44.8 Å². The second kappa shape index (κ2) is 3.47. The van der Waals surface area contributed by atoms with Crippen LogP contribution in [0.3, 0.4) is 0 Å². The molecule has 0 amide bonds. The van der Waals surface area contributed by atoms with Crippen LogP contribution in [0.1, 0.15) is 26.6 Å². The highest BCUT2D eigenvalue weighted by Gasteiger charge is 2.20. The fraction of sp³-hybridized carbons (Fsp3) is 0.500. The Kier molecular flexibility index (Phi) is 2.37. The Bertz CT molecular complexity index is 505. The van der Waals surface area contributed by atoms with Crippen molar-refractivity contribution in [1.29, 1.82) is 0 Å².